The Morgan fingerprint density at radius 2 is 2.05 bits per heavy atom. The summed E-state index contributed by atoms with van der Waals surface area (Å²) in [6, 6.07) is 10.4. The number of carbonyl (C=O) groups is 1. The van der Waals surface area contributed by atoms with Crippen molar-refractivity contribution in [2.24, 2.45) is 0 Å². The topological polar surface area (TPSA) is 62.5 Å². The molecule has 2 rings (SSSR count). The molecule has 2 aromatic rings. The Labute approximate surface area is 122 Å². The van der Waals surface area contributed by atoms with Gasteiger partial charge in [0.2, 0.25) is 5.91 Å². The molecule has 0 aliphatic rings. The number of nitrogens with one attached hydrogen (secondary N) is 1. The maximum atomic E-state index is 11.8. The van der Waals surface area contributed by atoms with Crippen LogP contribution in [0.4, 0.5) is 0 Å². The number of hydrogen-bond donors (Lipinski definition) is 2. The Morgan fingerprint density at radius 3 is 2.65 bits per heavy atom. The van der Waals surface area contributed by atoms with E-state index < -0.39 is 5.60 Å². The average molecular weight is 294 g/mol. The van der Waals surface area contributed by atoms with E-state index >= 15 is 0 Å². The van der Waals surface area contributed by atoms with Crippen molar-refractivity contribution in [1.82, 2.24) is 5.32 Å². The summed E-state index contributed by atoms with van der Waals surface area (Å²) < 4.78 is 5.15. The third kappa shape index (κ3) is 3.85. The number of halogens is 1. The Bertz CT molecular complexity index is 561. The first-order valence-corrected chi connectivity index (χ1v) is 6.63. The molecule has 0 fully saturated rings. The second-order valence-corrected chi connectivity index (χ2v) is 5.27. The van der Waals surface area contributed by atoms with Crippen LogP contribution >= 0.6 is 11.6 Å². The SMILES string of the molecule is CC(O)(CNC(=O)Cc1ccc(Cl)cc1)c1ccco1. The number of furan rings is 1. The van der Waals surface area contributed by atoms with Crippen LogP contribution in [-0.2, 0) is 16.8 Å². The third-order valence-electron chi connectivity index (χ3n) is 2.96. The van der Waals surface area contributed by atoms with Crippen LogP contribution in [0.25, 0.3) is 0 Å². The molecule has 0 aliphatic carbocycles. The van der Waals surface area contributed by atoms with E-state index in [0.29, 0.717) is 10.8 Å². The fraction of sp³-hybridized carbons (Fsp3) is 0.267. The first-order chi connectivity index (χ1) is 9.47. The lowest BCUT2D eigenvalue weighted by molar-refractivity contribution is -0.121. The van der Waals surface area contributed by atoms with Crippen molar-refractivity contribution in [2.75, 3.05) is 6.54 Å². The summed E-state index contributed by atoms with van der Waals surface area (Å²) in [4.78, 5) is 11.8. The predicted octanol–water partition coefficient (Wildman–Crippen LogP) is 2.50. The molecular formula is C15H16ClNO3. The summed E-state index contributed by atoms with van der Waals surface area (Å²) in [6.45, 7) is 1.68. The molecule has 20 heavy (non-hydrogen) atoms. The van der Waals surface area contributed by atoms with Crippen LogP contribution < -0.4 is 5.32 Å². The second-order valence-electron chi connectivity index (χ2n) is 4.83. The van der Waals surface area contributed by atoms with E-state index in [-0.39, 0.29) is 18.9 Å². The Hall–Kier alpha value is -1.78. The van der Waals surface area contributed by atoms with Crippen molar-refractivity contribution < 1.29 is 14.3 Å². The summed E-state index contributed by atoms with van der Waals surface area (Å²) in [5.74, 6) is 0.253. The van der Waals surface area contributed by atoms with Gasteiger partial charge in [0.15, 0.2) is 0 Å². The third-order valence-corrected chi connectivity index (χ3v) is 3.21. The van der Waals surface area contributed by atoms with E-state index in [0.717, 1.165) is 5.56 Å². The van der Waals surface area contributed by atoms with Crippen molar-refractivity contribution in [3.63, 3.8) is 0 Å². The van der Waals surface area contributed by atoms with E-state index in [2.05, 4.69) is 5.32 Å². The fourth-order valence-corrected chi connectivity index (χ4v) is 1.92. The molecule has 0 saturated heterocycles. The lowest BCUT2D eigenvalue weighted by atomic mass is 10.0. The minimum atomic E-state index is -1.22. The maximum absolute atomic E-state index is 11.8. The van der Waals surface area contributed by atoms with Gasteiger partial charge in [0.05, 0.1) is 19.2 Å². The van der Waals surface area contributed by atoms with Gasteiger partial charge >= 0.3 is 0 Å². The predicted molar refractivity (Wildman–Crippen MR) is 76.4 cm³/mol. The molecule has 0 aliphatic heterocycles. The standard InChI is InChI=1S/C15H16ClNO3/c1-15(19,13-3-2-8-20-13)10-17-14(18)9-11-4-6-12(16)7-5-11/h2-8,19H,9-10H2,1H3,(H,17,18). The van der Waals surface area contributed by atoms with Crippen LogP contribution in [0.5, 0.6) is 0 Å². The lowest BCUT2D eigenvalue weighted by Gasteiger charge is -2.21. The summed E-state index contributed by atoms with van der Waals surface area (Å²) in [5, 5.41) is 13.5. The number of benzene rings is 1. The van der Waals surface area contributed by atoms with E-state index in [1.54, 1.807) is 43.3 Å². The Morgan fingerprint density at radius 1 is 1.35 bits per heavy atom. The van der Waals surface area contributed by atoms with Crippen LogP contribution in [0.1, 0.15) is 18.2 Å². The van der Waals surface area contributed by atoms with E-state index in [1.807, 2.05) is 0 Å². The van der Waals surface area contributed by atoms with Gasteiger partial charge < -0.3 is 14.8 Å². The highest BCUT2D eigenvalue weighted by Gasteiger charge is 2.26. The van der Waals surface area contributed by atoms with Gasteiger partial charge in [0.1, 0.15) is 11.4 Å². The molecule has 0 bridgehead atoms. The van der Waals surface area contributed by atoms with Crippen molar-refractivity contribution in [3.8, 4) is 0 Å². The smallest absolute Gasteiger partial charge is 0.224 e. The largest absolute Gasteiger partial charge is 0.466 e. The van der Waals surface area contributed by atoms with Crippen LogP contribution in [0, 0.1) is 0 Å². The fourth-order valence-electron chi connectivity index (χ4n) is 1.79. The molecule has 1 aromatic heterocycles. The van der Waals surface area contributed by atoms with Gasteiger partial charge in [-0.1, -0.05) is 23.7 Å². The molecule has 0 spiro atoms. The normalized spacial score (nSPS) is 13.8. The number of aliphatic hydroxyl groups is 1. The average Bonchev–Trinajstić information content (AvgIpc) is 2.94. The molecular weight excluding hydrogens is 278 g/mol. The molecule has 1 aromatic carbocycles. The highest BCUT2D eigenvalue weighted by molar-refractivity contribution is 6.30. The number of hydrogen-bond acceptors (Lipinski definition) is 3. The highest BCUT2D eigenvalue weighted by Crippen LogP contribution is 2.19. The lowest BCUT2D eigenvalue weighted by Crippen LogP contribution is -2.39. The van der Waals surface area contributed by atoms with Crippen molar-refractivity contribution in [1.29, 1.82) is 0 Å². The van der Waals surface area contributed by atoms with Crippen molar-refractivity contribution >= 4 is 17.5 Å². The minimum absolute atomic E-state index is 0.0902. The summed E-state index contributed by atoms with van der Waals surface area (Å²) in [5.41, 5.74) is -0.358. The van der Waals surface area contributed by atoms with Gasteiger partial charge in [-0.3, -0.25) is 4.79 Å². The van der Waals surface area contributed by atoms with Gasteiger partial charge in [-0.05, 0) is 36.8 Å². The van der Waals surface area contributed by atoms with E-state index in [9.17, 15) is 9.90 Å². The first-order valence-electron chi connectivity index (χ1n) is 6.25. The Kier molecular flexibility index (Phi) is 4.47. The molecule has 5 heteroatoms. The Balaban J connectivity index is 1.88. The van der Waals surface area contributed by atoms with E-state index in [4.69, 9.17) is 16.0 Å². The summed E-state index contributed by atoms with van der Waals surface area (Å²) in [6.07, 6.45) is 1.73. The molecule has 1 amide bonds. The monoisotopic (exact) mass is 293 g/mol. The van der Waals surface area contributed by atoms with Crippen molar-refractivity contribution in [3.05, 3.63) is 59.0 Å². The number of carbonyl (C=O) groups excluding carboxylic acids is 1. The first kappa shape index (κ1) is 14.6. The number of rotatable bonds is 5. The molecule has 1 heterocycles. The summed E-state index contributed by atoms with van der Waals surface area (Å²) >= 11 is 5.78. The van der Waals surface area contributed by atoms with Gasteiger partial charge in [0, 0.05) is 5.02 Å². The van der Waals surface area contributed by atoms with Crippen LogP contribution in [0.15, 0.2) is 47.1 Å². The zero-order valence-electron chi connectivity index (χ0n) is 11.1. The molecule has 106 valence electrons. The van der Waals surface area contributed by atoms with E-state index in [1.165, 1.54) is 6.26 Å². The van der Waals surface area contributed by atoms with Crippen LogP contribution in [-0.4, -0.2) is 17.6 Å². The molecule has 1 unspecified atom stereocenters. The van der Waals surface area contributed by atoms with Gasteiger partial charge in [0.25, 0.3) is 0 Å². The maximum Gasteiger partial charge on any atom is 0.224 e. The number of amides is 1. The van der Waals surface area contributed by atoms with Crippen LogP contribution in [0.2, 0.25) is 5.02 Å². The van der Waals surface area contributed by atoms with Gasteiger partial charge in [-0.25, -0.2) is 0 Å². The zero-order valence-corrected chi connectivity index (χ0v) is 11.9. The van der Waals surface area contributed by atoms with Crippen LogP contribution in [0.3, 0.4) is 0 Å². The molecule has 0 saturated carbocycles. The molecule has 0 radical (unpaired) electrons. The van der Waals surface area contributed by atoms with Gasteiger partial charge in [-0.2, -0.15) is 0 Å². The minimum Gasteiger partial charge on any atom is -0.466 e. The molecule has 4 nitrogen and oxygen atoms in total. The zero-order chi connectivity index (χ0) is 14.6. The molecule has 1 atom stereocenters. The highest BCUT2D eigenvalue weighted by atomic mass is 35.5. The van der Waals surface area contributed by atoms with Gasteiger partial charge in [-0.15, -0.1) is 0 Å². The summed E-state index contributed by atoms with van der Waals surface area (Å²) in [7, 11) is 0. The molecule has 2 N–H and O–H groups in total. The second kappa shape index (κ2) is 6.11. The quantitative estimate of drug-likeness (QED) is 0.890. The van der Waals surface area contributed by atoms with Crippen molar-refractivity contribution in [2.45, 2.75) is 18.9 Å².